The van der Waals surface area contributed by atoms with Crippen molar-refractivity contribution in [1.82, 2.24) is 0 Å². The van der Waals surface area contributed by atoms with E-state index in [9.17, 15) is 13.2 Å². The quantitative estimate of drug-likeness (QED) is 0.791. The van der Waals surface area contributed by atoms with Crippen molar-refractivity contribution < 1.29 is 18.3 Å². The predicted octanol–water partition coefficient (Wildman–Crippen LogP) is 1.14. The van der Waals surface area contributed by atoms with Crippen molar-refractivity contribution in [3.63, 3.8) is 0 Å². The summed E-state index contributed by atoms with van der Waals surface area (Å²) in [5.41, 5.74) is 1.56. The van der Waals surface area contributed by atoms with E-state index in [1.807, 2.05) is 6.07 Å². The van der Waals surface area contributed by atoms with Gasteiger partial charge >= 0.3 is 5.97 Å². The van der Waals surface area contributed by atoms with Crippen LogP contribution < -0.4 is 4.90 Å². The van der Waals surface area contributed by atoms with Gasteiger partial charge in [-0.25, -0.2) is 13.2 Å². The van der Waals surface area contributed by atoms with E-state index in [1.165, 1.54) is 6.08 Å². The van der Waals surface area contributed by atoms with Gasteiger partial charge in [-0.2, -0.15) is 5.26 Å². The second-order valence-electron chi connectivity index (χ2n) is 4.61. The third-order valence-corrected chi connectivity index (χ3v) is 3.69. The maximum Gasteiger partial charge on any atom is 0.328 e. The fourth-order valence-corrected chi connectivity index (χ4v) is 2.28. The Balaban J connectivity index is 2.98. The minimum Gasteiger partial charge on any atom is -0.478 e. The Morgan fingerprint density at radius 1 is 1.48 bits per heavy atom. The number of hydrogen-bond acceptors (Lipinski definition) is 5. The molecule has 0 saturated heterocycles. The molecule has 0 fully saturated rings. The van der Waals surface area contributed by atoms with Crippen LogP contribution in [0.3, 0.4) is 0 Å². The van der Waals surface area contributed by atoms with Crippen molar-refractivity contribution in [2.24, 2.45) is 0 Å². The van der Waals surface area contributed by atoms with Gasteiger partial charge < -0.3 is 10.0 Å². The first-order chi connectivity index (χ1) is 9.73. The van der Waals surface area contributed by atoms with Crippen molar-refractivity contribution in [2.75, 3.05) is 30.5 Å². The molecule has 7 heteroatoms. The highest BCUT2D eigenvalue weighted by molar-refractivity contribution is 7.90. The lowest BCUT2D eigenvalue weighted by Gasteiger charge is -2.20. The molecular weight excluding hydrogens is 292 g/mol. The number of anilines is 1. The van der Waals surface area contributed by atoms with Crippen LogP contribution in [0.1, 0.15) is 11.1 Å². The van der Waals surface area contributed by atoms with Crippen molar-refractivity contribution >= 4 is 27.6 Å². The van der Waals surface area contributed by atoms with E-state index >= 15 is 0 Å². The van der Waals surface area contributed by atoms with E-state index in [1.54, 1.807) is 30.1 Å². The number of nitriles is 1. The lowest BCUT2D eigenvalue weighted by Crippen LogP contribution is -2.25. The highest BCUT2D eigenvalue weighted by atomic mass is 32.2. The monoisotopic (exact) mass is 308 g/mol. The van der Waals surface area contributed by atoms with Crippen LogP contribution >= 0.6 is 0 Å². The summed E-state index contributed by atoms with van der Waals surface area (Å²) < 4.78 is 22.3. The molecule has 0 aliphatic carbocycles. The van der Waals surface area contributed by atoms with Crippen LogP contribution in [0.15, 0.2) is 24.3 Å². The molecule has 1 N–H and O–H groups in total. The lowest BCUT2D eigenvalue weighted by molar-refractivity contribution is -0.131. The van der Waals surface area contributed by atoms with Crippen LogP contribution in [0, 0.1) is 11.3 Å². The second-order valence-corrected chi connectivity index (χ2v) is 6.87. The van der Waals surface area contributed by atoms with Gasteiger partial charge in [0.1, 0.15) is 15.9 Å². The summed E-state index contributed by atoms with van der Waals surface area (Å²) in [4.78, 5) is 12.1. The number of rotatable bonds is 6. The zero-order chi connectivity index (χ0) is 16.0. The molecule has 0 amide bonds. The second kappa shape index (κ2) is 6.90. The summed E-state index contributed by atoms with van der Waals surface area (Å²) in [7, 11) is -1.37. The molecule has 1 aromatic carbocycles. The molecule has 6 nitrogen and oxygen atoms in total. The van der Waals surface area contributed by atoms with Crippen LogP contribution in [-0.2, 0) is 14.6 Å². The molecule has 0 spiro atoms. The van der Waals surface area contributed by atoms with Gasteiger partial charge in [-0.3, -0.25) is 0 Å². The van der Waals surface area contributed by atoms with E-state index in [4.69, 9.17) is 10.4 Å². The number of sulfone groups is 1. The number of carboxylic acids is 1. The first-order valence-electron chi connectivity index (χ1n) is 6.07. The molecule has 0 aromatic heterocycles. The first-order valence-corrected chi connectivity index (χ1v) is 8.13. The molecule has 0 radical (unpaired) electrons. The van der Waals surface area contributed by atoms with Crippen molar-refractivity contribution in [2.45, 2.75) is 0 Å². The summed E-state index contributed by atoms with van der Waals surface area (Å²) >= 11 is 0. The first kappa shape index (κ1) is 16.7. The normalized spacial score (nSPS) is 11.3. The van der Waals surface area contributed by atoms with Crippen molar-refractivity contribution in [3.05, 3.63) is 35.4 Å². The maximum absolute atomic E-state index is 11.2. The van der Waals surface area contributed by atoms with Crippen LogP contribution in [-0.4, -0.2) is 45.1 Å². The lowest BCUT2D eigenvalue weighted by atomic mass is 10.1. The van der Waals surface area contributed by atoms with Gasteiger partial charge in [0, 0.05) is 25.9 Å². The van der Waals surface area contributed by atoms with E-state index in [0.717, 1.165) is 12.3 Å². The van der Waals surface area contributed by atoms with Gasteiger partial charge in [0.25, 0.3) is 0 Å². The topological polar surface area (TPSA) is 98.5 Å². The molecule has 0 bridgehead atoms. The number of benzene rings is 1. The van der Waals surface area contributed by atoms with Gasteiger partial charge in [0.2, 0.25) is 0 Å². The fraction of sp³-hybridized carbons (Fsp3) is 0.286. The average Bonchev–Trinajstić information content (AvgIpc) is 2.41. The van der Waals surface area contributed by atoms with Gasteiger partial charge in [-0.05, 0) is 23.8 Å². The van der Waals surface area contributed by atoms with Crippen LogP contribution in [0.5, 0.6) is 0 Å². The molecule has 0 atom stereocenters. The maximum atomic E-state index is 11.2. The highest BCUT2D eigenvalue weighted by Gasteiger charge is 2.10. The Morgan fingerprint density at radius 2 is 2.14 bits per heavy atom. The average molecular weight is 308 g/mol. The van der Waals surface area contributed by atoms with Crippen LogP contribution in [0.2, 0.25) is 0 Å². The zero-order valence-electron chi connectivity index (χ0n) is 11.8. The third-order valence-electron chi connectivity index (χ3n) is 2.77. The number of carbonyl (C=O) groups is 1. The Morgan fingerprint density at radius 3 is 2.67 bits per heavy atom. The largest absolute Gasteiger partial charge is 0.478 e. The molecule has 112 valence electrons. The van der Waals surface area contributed by atoms with Gasteiger partial charge in [-0.15, -0.1) is 0 Å². The predicted molar refractivity (Wildman–Crippen MR) is 80.8 cm³/mol. The number of nitrogens with zero attached hydrogens (tertiary/aromatic N) is 2. The van der Waals surface area contributed by atoms with Gasteiger partial charge in [0.15, 0.2) is 0 Å². The summed E-state index contributed by atoms with van der Waals surface area (Å²) in [6.07, 6.45) is 3.54. The summed E-state index contributed by atoms with van der Waals surface area (Å²) in [6, 6.07) is 6.93. The molecule has 1 rings (SSSR count). The van der Waals surface area contributed by atoms with Gasteiger partial charge in [-0.1, -0.05) is 6.07 Å². The van der Waals surface area contributed by atoms with E-state index in [-0.39, 0.29) is 12.3 Å². The summed E-state index contributed by atoms with van der Waals surface area (Å²) in [6.45, 7) is 0.276. The SMILES string of the molecule is CN(CCS(C)(=O)=O)c1ccc(/C=C/C(=O)O)cc1C#N. The summed E-state index contributed by atoms with van der Waals surface area (Å²) in [5.74, 6) is -1.07. The third kappa shape index (κ3) is 5.67. The van der Waals surface area contributed by atoms with E-state index < -0.39 is 15.8 Å². The molecule has 1 aromatic rings. The Bertz CT molecular complexity index is 702. The van der Waals surface area contributed by atoms with E-state index in [2.05, 4.69) is 0 Å². The molecule has 0 aliphatic heterocycles. The van der Waals surface area contributed by atoms with Crippen LogP contribution in [0.4, 0.5) is 5.69 Å². The molecule has 21 heavy (non-hydrogen) atoms. The Kier molecular flexibility index (Phi) is 5.50. The van der Waals surface area contributed by atoms with Crippen molar-refractivity contribution in [1.29, 1.82) is 5.26 Å². The Hall–Kier alpha value is -2.33. The minimum atomic E-state index is -3.07. The Labute approximate surface area is 123 Å². The van der Waals surface area contributed by atoms with Crippen LogP contribution in [0.25, 0.3) is 6.08 Å². The van der Waals surface area contributed by atoms with Crippen molar-refractivity contribution in [3.8, 4) is 6.07 Å². The molecule has 0 unspecified atom stereocenters. The molecule has 0 aliphatic rings. The minimum absolute atomic E-state index is 0.00492. The van der Waals surface area contributed by atoms with Gasteiger partial charge in [0.05, 0.1) is 17.0 Å². The number of hydrogen-bond donors (Lipinski definition) is 1. The number of carboxylic acid groups (broad SMARTS) is 1. The molecule has 0 saturated carbocycles. The summed E-state index contributed by atoms with van der Waals surface area (Å²) in [5, 5.41) is 17.7. The fourth-order valence-electron chi connectivity index (χ4n) is 1.67. The van der Waals surface area contributed by atoms with E-state index in [0.29, 0.717) is 16.8 Å². The number of aliphatic carboxylic acids is 1. The standard InChI is InChI=1S/C14H16N2O4S/c1-16(7-8-21(2,19)20)13-5-3-11(4-6-14(17)18)9-12(13)10-15/h3-6,9H,7-8H2,1-2H3,(H,17,18)/b6-4+. The smallest absolute Gasteiger partial charge is 0.328 e. The highest BCUT2D eigenvalue weighted by Crippen LogP contribution is 2.21. The zero-order valence-corrected chi connectivity index (χ0v) is 12.6. The molecule has 0 heterocycles. The molecular formula is C14H16N2O4S.